The third kappa shape index (κ3) is 5.15. The molecule has 0 aliphatic heterocycles. The Kier molecular flexibility index (Phi) is 8.63. The van der Waals surface area contributed by atoms with Crippen LogP contribution < -0.4 is 34.3 Å². The molecule has 0 fully saturated rings. The zero-order valence-corrected chi connectivity index (χ0v) is 12.4. The number of rotatable bonds is 5. The molecule has 0 aromatic heterocycles. The van der Waals surface area contributed by atoms with Crippen molar-refractivity contribution < 1.29 is 40.5 Å². The quantitative estimate of drug-likeness (QED) is 0.419. The summed E-state index contributed by atoms with van der Waals surface area (Å²) in [6, 6.07) is 9.24. The van der Waals surface area contributed by atoms with Crippen molar-refractivity contribution in [3.8, 4) is 5.75 Å². The summed E-state index contributed by atoms with van der Waals surface area (Å²) in [6.07, 6.45) is 2.77. The Morgan fingerprint density at radius 1 is 1.31 bits per heavy atom. The van der Waals surface area contributed by atoms with E-state index in [1.54, 1.807) is 12.1 Å². The van der Waals surface area contributed by atoms with Crippen LogP contribution >= 0.6 is 0 Å². The summed E-state index contributed by atoms with van der Waals surface area (Å²) in [6.45, 7) is 4.10. The molecule has 0 aliphatic carbocycles. The molecule has 84 valence electrons. The summed E-state index contributed by atoms with van der Waals surface area (Å²) in [7, 11) is 0. The number of carbonyl (C=O) groups excluding carboxylic acids is 1. The Morgan fingerprint density at radius 3 is 2.44 bits per heavy atom. The summed E-state index contributed by atoms with van der Waals surface area (Å²) in [5.74, 6) is 0.567. The van der Waals surface area contributed by atoms with E-state index in [2.05, 4.69) is 6.92 Å². The molecule has 0 spiro atoms. The second kappa shape index (κ2) is 8.80. The maximum atomic E-state index is 11.7. The van der Waals surface area contributed by atoms with Crippen molar-refractivity contribution in [2.45, 2.75) is 33.1 Å². The van der Waals surface area contributed by atoms with Gasteiger partial charge in [-0.25, -0.2) is 0 Å². The molecular formula is C13H19NaO2. The van der Waals surface area contributed by atoms with Gasteiger partial charge in [0.15, 0.2) is 0 Å². The van der Waals surface area contributed by atoms with Gasteiger partial charge in [-0.1, -0.05) is 38.5 Å². The summed E-state index contributed by atoms with van der Waals surface area (Å²) >= 11 is 0. The molecule has 1 aromatic rings. The molecule has 2 nitrogen and oxygen atoms in total. The largest absolute Gasteiger partial charge is 1.00 e. The van der Waals surface area contributed by atoms with Crippen LogP contribution in [-0.4, -0.2) is 5.97 Å². The number of hydrogen-bond donors (Lipinski definition) is 0. The fourth-order valence-corrected chi connectivity index (χ4v) is 1.53. The van der Waals surface area contributed by atoms with Crippen LogP contribution in [0.2, 0.25) is 0 Å². The fraction of sp³-hybridized carbons (Fsp3) is 0.462. The Balaban J connectivity index is 0. The van der Waals surface area contributed by atoms with Crippen molar-refractivity contribution >= 4 is 5.97 Å². The van der Waals surface area contributed by atoms with E-state index in [1.807, 2.05) is 25.1 Å². The zero-order chi connectivity index (χ0) is 11.1. The maximum Gasteiger partial charge on any atom is 1.00 e. The second-order valence-electron chi connectivity index (χ2n) is 3.63. The first-order valence-electron chi connectivity index (χ1n) is 5.54. The van der Waals surface area contributed by atoms with Gasteiger partial charge in [-0.15, -0.1) is 0 Å². The smallest absolute Gasteiger partial charge is 1.00 e. The van der Waals surface area contributed by atoms with Gasteiger partial charge in [0.25, 0.3) is 0 Å². The van der Waals surface area contributed by atoms with E-state index in [0.717, 1.165) is 19.3 Å². The molecule has 1 rings (SSSR count). The average Bonchev–Trinajstić information content (AvgIpc) is 2.27. The van der Waals surface area contributed by atoms with Crippen LogP contribution in [0.5, 0.6) is 5.75 Å². The molecule has 0 saturated heterocycles. The Morgan fingerprint density at radius 2 is 1.94 bits per heavy atom. The molecule has 0 radical (unpaired) electrons. The van der Waals surface area contributed by atoms with Gasteiger partial charge in [-0.05, 0) is 25.0 Å². The minimum absolute atomic E-state index is 0. The molecule has 0 aliphatic rings. The molecule has 0 bridgehead atoms. The Hall–Kier alpha value is -0.310. The van der Waals surface area contributed by atoms with Gasteiger partial charge in [0.1, 0.15) is 5.75 Å². The number of esters is 1. The molecule has 16 heavy (non-hydrogen) atoms. The van der Waals surface area contributed by atoms with Crippen LogP contribution in [0.1, 0.15) is 34.5 Å². The minimum atomic E-state index is -0.106. The van der Waals surface area contributed by atoms with E-state index in [1.165, 1.54) is 0 Å². The molecule has 3 heteroatoms. The molecule has 0 saturated carbocycles. The minimum Gasteiger partial charge on any atom is -1.00 e. The molecule has 1 atom stereocenters. The molecule has 0 N–H and O–H groups in total. The third-order valence-electron chi connectivity index (χ3n) is 2.42. The first-order chi connectivity index (χ1) is 7.27. The van der Waals surface area contributed by atoms with Crippen molar-refractivity contribution in [1.29, 1.82) is 0 Å². The molecule has 1 aromatic carbocycles. The first-order valence-corrected chi connectivity index (χ1v) is 5.54. The topological polar surface area (TPSA) is 26.3 Å². The van der Waals surface area contributed by atoms with Gasteiger partial charge < -0.3 is 6.16 Å². The van der Waals surface area contributed by atoms with Crippen LogP contribution in [0.4, 0.5) is 0 Å². The van der Waals surface area contributed by atoms with E-state index in [9.17, 15) is 4.79 Å². The predicted octanol–water partition coefficient (Wildman–Crippen LogP) is 0.535. The number of para-hydroxylation sites is 1. The van der Waals surface area contributed by atoms with E-state index >= 15 is 0 Å². The van der Waals surface area contributed by atoms with Crippen LogP contribution in [0, 0.1) is 5.92 Å². The van der Waals surface area contributed by atoms with Crippen molar-refractivity contribution in [2.75, 3.05) is 0 Å². The summed E-state index contributed by atoms with van der Waals surface area (Å²) < 4.78 is 5.28. The standard InChI is InChI=1S/C13H18O2.Na.H/c1-3-8-11(4-2)13(14)15-12-9-6-5-7-10-12;;/h5-7,9-11H,3-4,8H2,1-2H3;;/q;+1;-1. The van der Waals surface area contributed by atoms with Crippen LogP contribution in [0.25, 0.3) is 0 Å². The van der Waals surface area contributed by atoms with E-state index < -0.39 is 0 Å². The molecule has 0 amide bonds. The van der Waals surface area contributed by atoms with E-state index in [4.69, 9.17) is 4.74 Å². The average molecular weight is 230 g/mol. The van der Waals surface area contributed by atoms with E-state index in [0.29, 0.717) is 5.75 Å². The summed E-state index contributed by atoms with van der Waals surface area (Å²) in [4.78, 5) is 11.7. The van der Waals surface area contributed by atoms with Gasteiger partial charge in [-0.2, -0.15) is 0 Å². The van der Waals surface area contributed by atoms with Crippen molar-refractivity contribution in [3.05, 3.63) is 30.3 Å². The Labute approximate surface area is 121 Å². The van der Waals surface area contributed by atoms with Crippen LogP contribution in [0.15, 0.2) is 30.3 Å². The SMILES string of the molecule is CCCC(CC)C(=O)Oc1ccccc1.[H-].[Na+]. The number of ether oxygens (including phenoxy) is 1. The zero-order valence-electron chi connectivity index (χ0n) is 11.4. The maximum absolute atomic E-state index is 11.7. The normalized spacial score (nSPS) is 11.4. The summed E-state index contributed by atoms with van der Waals surface area (Å²) in [5, 5.41) is 0. The number of carbonyl (C=O) groups is 1. The van der Waals surface area contributed by atoms with Gasteiger partial charge in [0, 0.05) is 0 Å². The van der Waals surface area contributed by atoms with Gasteiger partial charge in [-0.3, -0.25) is 4.79 Å². The monoisotopic (exact) mass is 230 g/mol. The fourth-order valence-electron chi connectivity index (χ4n) is 1.53. The van der Waals surface area contributed by atoms with Gasteiger partial charge >= 0.3 is 35.5 Å². The van der Waals surface area contributed by atoms with Crippen LogP contribution in [-0.2, 0) is 4.79 Å². The van der Waals surface area contributed by atoms with Gasteiger partial charge in [0.05, 0.1) is 5.92 Å². The van der Waals surface area contributed by atoms with Crippen LogP contribution in [0.3, 0.4) is 0 Å². The van der Waals surface area contributed by atoms with E-state index in [-0.39, 0.29) is 42.9 Å². The molecule has 0 heterocycles. The third-order valence-corrected chi connectivity index (χ3v) is 2.42. The molecule has 1 unspecified atom stereocenters. The van der Waals surface area contributed by atoms with Crippen molar-refractivity contribution in [2.24, 2.45) is 5.92 Å². The first kappa shape index (κ1) is 15.7. The summed E-state index contributed by atoms with van der Waals surface area (Å²) in [5.41, 5.74) is 0. The van der Waals surface area contributed by atoms with Gasteiger partial charge in [0.2, 0.25) is 0 Å². The van der Waals surface area contributed by atoms with Crippen molar-refractivity contribution in [1.82, 2.24) is 0 Å². The molecular weight excluding hydrogens is 211 g/mol. The van der Waals surface area contributed by atoms with Crippen molar-refractivity contribution in [3.63, 3.8) is 0 Å². The number of benzene rings is 1. The number of hydrogen-bond acceptors (Lipinski definition) is 2. The Bertz CT molecular complexity index is 304. The predicted molar refractivity (Wildman–Crippen MR) is 61.9 cm³/mol. The second-order valence-corrected chi connectivity index (χ2v) is 3.63.